The standard InChI is InChI=1S/C23H31N7.HI/c1-18-9-5-7-13-29(18)17-20-11-4-3-10-19(20)15-25-23(24-2)26-16-22-28-27-21-12-6-8-14-30(21)22;/h3-4,6,8,10-12,14,18H,5,7,9,13,15-17H2,1-2H3,(H2,24,25,26);1H. The van der Waals surface area contributed by atoms with Gasteiger partial charge in [-0.1, -0.05) is 36.8 Å². The van der Waals surface area contributed by atoms with Crippen molar-refractivity contribution < 1.29 is 0 Å². The highest BCUT2D eigenvalue weighted by Crippen LogP contribution is 2.20. The summed E-state index contributed by atoms with van der Waals surface area (Å²) in [4.78, 5) is 6.97. The molecule has 0 saturated carbocycles. The van der Waals surface area contributed by atoms with Gasteiger partial charge in [-0.05, 0) is 49.6 Å². The van der Waals surface area contributed by atoms with E-state index >= 15 is 0 Å². The van der Waals surface area contributed by atoms with Gasteiger partial charge in [-0.25, -0.2) is 0 Å². The number of nitrogens with one attached hydrogen (secondary N) is 2. The van der Waals surface area contributed by atoms with Gasteiger partial charge in [-0.3, -0.25) is 14.3 Å². The van der Waals surface area contributed by atoms with Gasteiger partial charge in [0.2, 0.25) is 0 Å². The SMILES string of the molecule is CN=C(NCc1ccccc1CN1CCCCC1C)NCc1nnc2ccccn12.I. The predicted molar refractivity (Wildman–Crippen MR) is 136 cm³/mol. The maximum atomic E-state index is 4.37. The smallest absolute Gasteiger partial charge is 0.191 e. The minimum Gasteiger partial charge on any atom is -0.352 e. The number of piperidine rings is 1. The molecule has 4 rings (SSSR count). The van der Waals surface area contributed by atoms with Gasteiger partial charge in [0.05, 0.1) is 6.54 Å². The zero-order chi connectivity index (χ0) is 20.8. The Morgan fingerprint density at radius 1 is 1.03 bits per heavy atom. The van der Waals surface area contributed by atoms with E-state index in [-0.39, 0.29) is 24.0 Å². The fourth-order valence-electron chi connectivity index (χ4n) is 4.07. The van der Waals surface area contributed by atoms with E-state index in [1.54, 1.807) is 7.05 Å². The molecule has 7 nitrogen and oxygen atoms in total. The molecule has 166 valence electrons. The number of rotatable bonds is 6. The number of fused-ring (bicyclic) bond motifs is 1. The molecule has 3 aromatic rings. The second kappa shape index (κ2) is 11.4. The minimum atomic E-state index is 0. The molecule has 3 heterocycles. The zero-order valence-corrected chi connectivity index (χ0v) is 20.6. The minimum absolute atomic E-state index is 0. The Hall–Kier alpha value is -2.20. The highest BCUT2D eigenvalue weighted by atomic mass is 127. The fourth-order valence-corrected chi connectivity index (χ4v) is 4.07. The highest BCUT2D eigenvalue weighted by molar-refractivity contribution is 14.0. The first-order chi connectivity index (χ1) is 14.7. The molecule has 2 aromatic heterocycles. The van der Waals surface area contributed by atoms with Gasteiger partial charge in [0.1, 0.15) is 0 Å². The number of aromatic nitrogens is 3. The monoisotopic (exact) mass is 533 g/mol. The van der Waals surface area contributed by atoms with Crippen LogP contribution in [-0.4, -0.2) is 45.1 Å². The molecule has 0 aliphatic carbocycles. The average Bonchev–Trinajstić information content (AvgIpc) is 3.19. The van der Waals surface area contributed by atoms with Gasteiger partial charge in [0.15, 0.2) is 17.4 Å². The number of guanidine groups is 1. The van der Waals surface area contributed by atoms with Crippen molar-refractivity contribution in [3.05, 3.63) is 65.6 Å². The molecule has 0 spiro atoms. The van der Waals surface area contributed by atoms with Crippen LogP contribution >= 0.6 is 24.0 Å². The number of pyridine rings is 1. The van der Waals surface area contributed by atoms with Gasteiger partial charge >= 0.3 is 0 Å². The highest BCUT2D eigenvalue weighted by Gasteiger charge is 2.19. The molecule has 1 aliphatic heterocycles. The quantitative estimate of drug-likeness (QED) is 0.288. The van der Waals surface area contributed by atoms with Gasteiger partial charge in [0.25, 0.3) is 0 Å². The lowest BCUT2D eigenvalue weighted by atomic mass is 10.0. The second-order valence-electron chi connectivity index (χ2n) is 7.91. The molecule has 0 radical (unpaired) electrons. The van der Waals surface area contributed by atoms with Gasteiger partial charge in [-0.2, -0.15) is 0 Å². The molecule has 1 fully saturated rings. The third-order valence-corrected chi connectivity index (χ3v) is 5.90. The predicted octanol–water partition coefficient (Wildman–Crippen LogP) is 3.59. The number of hydrogen-bond donors (Lipinski definition) is 2. The van der Waals surface area contributed by atoms with E-state index in [9.17, 15) is 0 Å². The summed E-state index contributed by atoms with van der Waals surface area (Å²) < 4.78 is 1.98. The molecule has 0 amide bonds. The number of nitrogens with zero attached hydrogens (tertiary/aromatic N) is 5. The first kappa shape index (κ1) is 23.5. The van der Waals surface area contributed by atoms with Crippen LogP contribution in [-0.2, 0) is 19.6 Å². The van der Waals surface area contributed by atoms with Gasteiger partial charge < -0.3 is 10.6 Å². The molecule has 1 unspecified atom stereocenters. The summed E-state index contributed by atoms with van der Waals surface area (Å²) in [6.07, 6.45) is 5.93. The topological polar surface area (TPSA) is 69.8 Å². The van der Waals surface area contributed by atoms with E-state index < -0.39 is 0 Å². The Balaban J connectivity index is 0.00000272. The molecule has 8 heteroatoms. The van der Waals surface area contributed by atoms with Crippen molar-refractivity contribution in [2.45, 2.75) is 51.9 Å². The summed E-state index contributed by atoms with van der Waals surface area (Å²) in [5.74, 6) is 1.61. The van der Waals surface area contributed by atoms with Gasteiger partial charge in [-0.15, -0.1) is 34.2 Å². The Labute approximate surface area is 201 Å². The van der Waals surface area contributed by atoms with Crippen LogP contribution in [0.15, 0.2) is 53.7 Å². The Bertz CT molecular complexity index is 1000. The Kier molecular flexibility index (Phi) is 8.65. The number of likely N-dealkylation sites (tertiary alicyclic amines) is 1. The van der Waals surface area contributed by atoms with Crippen LogP contribution in [0.25, 0.3) is 5.65 Å². The molecule has 1 aliphatic rings. The summed E-state index contributed by atoms with van der Waals surface area (Å²) in [7, 11) is 1.79. The zero-order valence-electron chi connectivity index (χ0n) is 18.3. The lowest BCUT2D eigenvalue weighted by Crippen LogP contribution is -2.38. The van der Waals surface area contributed by atoms with Crippen LogP contribution in [0.1, 0.15) is 43.1 Å². The van der Waals surface area contributed by atoms with E-state index in [2.05, 4.69) is 61.9 Å². The molecule has 2 N–H and O–H groups in total. The molecular formula is C23H32IN7. The van der Waals surface area contributed by atoms with Crippen molar-refractivity contribution in [1.82, 2.24) is 30.1 Å². The fraction of sp³-hybridized carbons (Fsp3) is 0.435. The van der Waals surface area contributed by atoms with Crippen molar-refractivity contribution in [2.75, 3.05) is 13.6 Å². The van der Waals surface area contributed by atoms with Crippen LogP contribution in [0, 0.1) is 0 Å². The normalized spacial score (nSPS) is 17.4. The van der Waals surface area contributed by atoms with Crippen LogP contribution in [0.4, 0.5) is 0 Å². The van der Waals surface area contributed by atoms with E-state index in [1.165, 1.54) is 36.9 Å². The van der Waals surface area contributed by atoms with Crippen molar-refractivity contribution in [1.29, 1.82) is 0 Å². The average molecular weight is 533 g/mol. The Morgan fingerprint density at radius 3 is 2.61 bits per heavy atom. The van der Waals surface area contributed by atoms with Crippen molar-refractivity contribution in [3.63, 3.8) is 0 Å². The third kappa shape index (κ3) is 5.94. The molecule has 1 atom stereocenters. The summed E-state index contributed by atoms with van der Waals surface area (Å²) in [6.45, 7) is 5.84. The van der Waals surface area contributed by atoms with Crippen LogP contribution in [0.2, 0.25) is 0 Å². The largest absolute Gasteiger partial charge is 0.352 e. The van der Waals surface area contributed by atoms with Crippen molar-refractivity contribution >= 4 is 35.6 Å². The molecular weight excluding hydrogens is 501 g/mol. The number of benzene rings is 1. The van der Waals surface area contributed by atoms with Gasteiger partial charge in [0, 0.05) is 32.4 Å². The molecule has 1 aromatic carbocycles. The summed E-state index contributed by atoms with van der Waals surface area (Å²) in [6, 6.07) is 15.2. The summed E-state index contributed by atoms with van der Waals surface area (Å²) in [5, 5.41) is 15.3. The lowest BCUT2D eigenvalue weighted by Gasteiger charge is -2.33. The van der Waals surface area contributed by atoms with Crippen LogP contribution in [0.5, 0.6) is 0 Å². The first-order valence-corrected chi connectivity index (χ1v) is 10.8. The van der Waals surface area contributed by atoms with Crippen molar-refractivity contribution in [2.24, 2.45) is 4.99 Å². The maximum absolute atomic E-state index is 4.37. The third-order valence-electron chi connectivity index (χ3n) is 5.90. The number of halogens is 1. The molecule has 0 bridgehead atoms. The second-order valence-corrected chi connectivity index (χ2v) is 7.91. The lowest BCUT2D eigenvalue weighted by molar-refractivity contribution is 0.152. The van der Waals surface area contributed by atoms with Crippen LogP contribution < -0.4 is 10.6 Å². The number of hydrogen-bond acceptors (Lipinski definition) is 4. The van der Waals surface area contributed by atoms with E-state index in [0.29, 0.717) is 12.6 Å². The maximum Gasteiger partial charge on any atom is 0.191 e. The Morgan fingerprint density at radius 2 is 1.81 bits per heavy atom. The van der Waals surface area contributed by atoms with E-state index in [4.69, 9.17) is 0 Å². The number of aliphatic imine (C=N–C) groups is 1. The van der Waals surface area contributed by atoms with E-state index in [1.807, 2.05) is 28.8 Å². The van der Waals surface area contributed by atoms with Crippen LogP contribution in [0.3, 0.4) is 0 Å². The molecule has 31 heavy (non-hydrogen) atoms. The summed E-state index contributed by atoms with van der Waals surface area (Å²) in [5.41, 5.74) is 3.54. The van der Waals surface area contributed by atoms with Crippen molar-refractivity contribution in [3.8, 4) is 0 Å². The molecule has 1 saturated heterocycles. The first-order valence-electron chi connectivity index (χ1n) is 10.8. The summed E-state index contributed by atoms with van der Waals surface area (Å²) >= 11 is 0. The van der Waals surface area contributed by atoms with E-state index in [0.717, 1.165) is 30.5 Å².